The fourth-order valence-corrected chi connectivity index (χ4v) is 4.36. The molecule has 0 aromatic heterocycles. The third-order valence-corrected chi connectivity index (χ3v) is 7.08. The highest BCUT2D eigenvalue weighted by atomic mass is 16.7. The molecule has 0 spiro atoms. The second-order valence-corrected chi connectivity index (χ2v) is 11.0. The van der Waals surface area contributed by atoms with Crippen LogP contribution < -0.4 is 5.32 Å². The van der Waals surface area contributed by atoms with Crippen molar-refractivity contribution < 1.29 is 24.0 Å². The number of ether oxygens (including phenoxy) is 1. The van der Waals surface area contributed by atoms with Crippen LogP contribution in [0.25, 0.3) is 0 Å². The van der Waals surface area contributed by atoms with E-state index in [1.54, 1.807) is 6.92 Å². The number of hydrogen-bond donors (Lipinski definition) is 1. The Labute approximate surface area is 239 Å². The van der Waals surface area contributed by atoms with Crippen LogP contribution >= 0.6 is 0 Å². The Kier molecular flexibility index (Phi) is 22.8. The van der Waals surface area contributed by atoms with Crippen molar-refractivity contribution in [2.24, 2.45) is 0 Å². The number of methoxy groups -OCH3 is 1. The number of amides is 4. The van der Waals surface area contributed by atoms with Crippen molar-refractivity contribution in [3.05, 3.63) is 0 Å². The minimum Gasteiger partial charge on any atom is -0.380 e. The number of nitrogens with one attached hydrogen (secondary N) is 1. The Bertz CT molecular complexity index is 647. The van der Waals surface area contributed by atoms with Gasteiger partial charge in [0.1, 0.15) is 0 Å². The van der Waals surface area contributed by atoms with Gasteiger partial charge in [0.2, 0.25) is 5.91 Å². The fraction of sp³-hybridized carbons (Fsp3) is 0.900. The summed E-state index contributed by atoms with van der Waals surface area (Å²) in [5.74, 6) is -0.408. The van der Waals surface area contributed by atoms with E-state index in [2.05, 4.69) is 12.2 Å². The van der Waals surface area contributed by atoms with Crippen LogP contribution in [0.3, 0.4) is 0 Å². The number of hydrogen-bond acceptors (Lipinski definition) is 6. The molecule has 230 valence electrons. The molecule has 9 heteroatoms. The van der Waals surface area contributed by atoms with Gasteiger partial charge in [0, 0.05) is 33.2 Å². The van der Waals surface area contributed by atoms with Crippen LogP contribution in [0, 0.1) is 0 Å². The molecule has 0 heterocycles. The molecule has 0 radical (unpaired) electrons. The Hall–Kier alpha value is -1.87. The molecule has 2 atom stereocenters. The summed E-state index contributed by atoms with van der Waals surface area (Å²) < 4.78 is 5.27. The van der Waals surface area contributed by atoms with Gasteiger partial charge < -0.3 is 19.8 Å². The molecule has 0 bridgehead atoms. The van der Waals surface area contributed by atoms with Crippen LogP contribution in [0.2, 0.25) is 0 Å². The minimum absolute atomic E-state index is 0.0180. The lowest BCUT2D eigenvalue weighted by Crippen LogP contribution is -2.51. The number of nitrogens with zero attached hydrogens (tertiary/aromatic N) is 3. The maximum Gasteiger partial charge on any atom is 0.432 e. The first-order valence-electron chi connectivity index (χ1n) is 15.4. The largest absolute Gasteiger partial charge is 0.432 e. The monoisotopic (exact) mass is 556 g/mol. The maximum absolute atomic E-state index is 13.1. The van der Waals surface area contributed by atoms with Crippen LogP contribution in [0.4, 0.5) is 9.59 Å². The second kappa shape index (κ2) is 24.0. The second-order valence-electron chi connectivity index (χ2n) is 11.0. The van der Waals surface area contributed by atoms with E-state index in [0.717, 1.165) is 35.6 Å². The first-order chi connectivity index (χ1) is 18.7. The van der Waals surface area contributed by atoms with Gasteiger partial charge in [-0.2, -0.15) is 0 Å². The molecule has 0 aliphatic heterocycles. The number of imide groups is 1. The van der Waals surface area contributed by atoms with E-state index >= 15 is 0 Å². The lowest BCUT2D eigenvalue weighted by atomic mass is 10.0. The predicted octanol–water partition coefficient (Wildman–Crippen LogP) is 6.75. The van der Waals surface area contributed by atoms with Gasteiger partial charge in [0.15, 0.2) is 0 Å². The topological polar surface area (TPSA) is 91.4 Å². The predicted molar refractivity (Wildman–Crippen MR) is 159 cm³/mol. The molecule has 0 rings (SSSR count). The summed E-state index contributed by atoms with van der Waals surface area (Å²) in [6.45, 7) is 8.10. The van der Waals surface area contributed by atoms with Gasteiger partial charge >= 0.3 is 12.1 Å². The van der Waals surface area contributed by atoms with Gasteiger partial charge in [-0.1, -0.05) is 97.3 Å². The number of likely N-dealkylation sites (N-methyl/N-ethyl adjacent to an activating group) is 1. The third-order valence-electron chi connectivity index (χ3n) is 7.08. The minimum atomic E-state index is -0.690. The summed E-state index contributed by atoms with van der Waals surface area (Å²) in [6.07, 6.45) is 17.5. The molecule has 0 saturated carbocycles. The molecule has 0 aromatic rings. The molecule has 0 aromatic carbocycles. The Morgan fingerprint density at radius 3 is 1.74 bits per heavy atom. The zero-order valence-electron chi connectivity index (χ0n) is 26.3. The quantitative estimate of drug-likeness (QED) is 0.117. The maximum atomic E-state index is 13.1. The summed E-state index contributed by atoms with van der Waals surface area (Å²) >= 11 is 0. The van der Waals surface area contributed by atoms with Crippen LogP contribution in [0.1, 0.15) is 124 Å². The highest BCUT2D eigenvalue weighted by Crippen LogP contribution is 2.14. The number of unbranched alkanes of at least 4 members (excludes halogenated alkanes) is 12. The highest BCUT2D eigenvalue weighted by Gasteiger charge is 2.29. The molecule has 0 fully saturated rings. The van der Waals surface area contributed by atoms with Crippen molar-refractivity contribution in [1.82, 2.24) is 20.2 Å². The highest BCUT2D eigenvalue weighted by molar-refractivity contribution is 5.93. The van der Waals surface area contributed by atoms with E-state index in [1.807, 2.05) is 25.9 Å². The van der Waals surface area contributed by atoms with Crippen molar-refractivity contribution in [3.63, 3.8) is 0 Å². The summed E-state index contributed by atoms with van der Waals surface area (Å²) in [6, 6.07) is -0.701. The van der Waals surface area contributed by atoms with Gasteiger partial charge in [0.05, 0.1) is 12.6 Å². The molecule has 39 heavy (non-hydrogen) atoms. The average molecular weight is 557 g/mol. The number of rotatable bonds is 22. The van der Waals surface area contributed by atoms with E-state index in [1.165, 1.54) is 84.7 Å². The van der Waals surface area contributed by atoms with Crippen LogP contribution in [-0.2, 0) is 14.4 Å². The number of carbonyl (C=O) groups is 3. The van der Waals surface area contributed by atoms with E-state index in [4.69, 9.17) is 9.57 Å². The molecular formula is C30H60N4O5. The van der Waals surface area contributed by atoms with Crippen LogP contribution in [-0.4, -0.2) is 85.9 Å². The Morgan fingerprint density at radius 2 is 1.31 bits per heavy atom. The molecule has 4 amide bonds. The number of hydroxylamine groups is 2. The SMILES string of the molecule is CCCCCCCCCCCCCCCC(CC)NC(=O)ON(CC(C)OC)C(=O)N(CCN(C)C)C(C)=O. The molecule has 9 nitrogen and oxygen atoms in total. The Balaban J connectivity index is 4.48. The van der Waals surface area contributed by atoms with E-state index in [-0.39, 0.29) is 25.2 Å². The van der Waals surface area contributed by atoms with Crippen LogP contribution in [0.5, 0.6) is 0 Å². The molecule has 1 N–H and O–H groups in total. The van der Waals surface area contributed by atoms with Crippen molar-refractivity contribution in [3.8, 4) is 0 Å². The van der Waals surface area contributed by atoms with E-state index in [9.17, 15) is 14.4 Å². The smallest absolute Gasteiger partial charge is 0.380 e. The fourth-order valence-electron chi connectivity index (χ4n) is 4.36. The number of carbonyl (C=O) groups excluding carboxylic acids is 3. The zero-order chi connectivity index (χ0) is 29.5. The van der Waals surface area contributed by atoms with Gasteiger partial charge in [-0.05, 0) is 33.9 Å². The first kappa shape index (κ1) is 37.1. The lowest BCUT2D eigenvalue weighted by Gasteiger charge is -2.30. The van der Waals surface area contributed by atoms with Crippen molar-refractivity contribution in [2.75, 3.05) is 40.8 Å². The van der Waals surface area contributed by atoms with Crippen molar-refractivity contribution >= 4 is 18.0 Å². The average Bonchev–Trinajstić information content (AvgIpc) is 2.89. The van der Waals surface area contributed by atoms with Gasteiger partial charge in [-0.15, -0.1) is 5.06 Å². The summed E-state index contributed by atoms with van der Waals surface area (Å²) in [5.41, 5.74) is 0. The van der Waals surface area contributed by atoms with Gasteiger partial charge in [-0.3, -0.25) is 9.69 Å². The number of urea groups is 1. The lowest BCUT2D eigenvalue weighted by molar-refractivity contribution is -0.132. The van der Waals surface area contributed by atoms with E-state index < -0.39 is 18.0 Å². The molecule has 0 saturated heterocycles. The summed E-state index contributed by atoms with van der Waals surface area (Å²) in [4.78, 5) is 46.3. The van der Waals surface area contributed by atoms with Gasteiger partial charge in [-0.25, -0.2) is 9.59 Å². The van der Waals surface area contributed by atoms with E-state index in [0.29, 0.717) is 6.54 Å². The zero-order valence-corrected chi connectivity index (χ0v) is 26.3. The third kappa shape index (κ3) is 19.8. The molecule has 0 aliphatic carbocycles. The summed E-state index contributed by atoms with van der Waals surface area (Å²) in [7, 11) is 5.24. The van der Waals surface area contributed by atoms with Crippen molar-refractivity contribution in [2.45, 2.75) is 136 Å². The molecule has 0 aliphatic rings. The summed E-state index contributed by atoms with van der Waals surface area (Å²) in [5, 5.41) is 3.83. The van der Waals surface area contributed by atoms with Crippen LogP contribution in [0.15, 0.2) is 0 Å². The molecular weight excluding hydrogens is 496 g/mol. The van der Waals surface area contributed by atoms with Crippen molar-refractivity contribution in [1.29, 1.82) is 0 Å². The first-order valence-corrected chi connectivity index (χ1v) is 15.4. The van der Waals surface area contributed by atoms with Gasteiger partial charge in [0.25, 0.3) is 0 Å². The standard InChI is InChI=1S/C30H60N4O5/c1-8-10-11-12-13-14-15-16-17-18-19-20-21-22-28(9-2)31-29(36)39-34(25-26(3)38-7)30(37)33(27(4)35)24-23-32(5)6/h26,28H,8-25H2,1-7H3,(H,31,36). The molecule has 2 unspecified atom stereocenters. The Morgan fingerprint density at radius 1 is 0.795 bits per heavy atom. The normalized spacial score (nSPS) is 12.7.